The summed E-state index contributed by atoms with van der Waals surface area (Å²) in [7, 11) is 1.85. The van der Waals surface area contributed by atoms with Gasteiger partial charge in [-0.3, -0.25) is 4.79 Å². The topological polar surface area (TPSA) is 32.3 Å². The molecule has 0 aromatic rings. The number of amides is 1. The SMILES string of the molecule is CCN(C)C(=O)[C@@H]1CCCN1. The Labute approximate surface area is 67.8 Å². The van der Waals surface area contributed by atoms with Crippen molar-refractivity contribution in [3.8, 4) is 0 Å². The lowest BCUT2D eigenvalue weighted by molar-refractivity contribution is -0.131. The average Bonchev–Trinajstić information content (AvgIpc) is 2.53. The number of nitrogens with zero attached hydrogens (tertiary/aromatic N) is 1. The highest BCUT2D eigenvalue weighted by molar-refractivity contribution is 5.81. The molecule has 0 unspecified atom stereocenters. The van der Waals surface area contributed by atoms with E-state index in [1.54, 1.807) is 4.90 Å². The molecule has 0 aliphatic carbocycles. The minimum atomic E-state index is 0.0972. The van der Waals surface area contributed by atoms with Gasteiger partial charge in [0.2, 0.25) is 5.91 Å². The van der Waals surface area contributed by atoms with Crippen molar-refractivity contribution in [1.82, 2.24) is 10.2 Å². The van der Waals surface area contributed by atoms with Gasteiger partial charge >= 0.3 is 0 Å². The van der Waals surface area contributed by atoms with E-state index in [1.165, 1.54) is 0 Å². The predicted molar refractivity (Wildman–Crippen MR) is 44.3 cm³/mol. The van der Waals surface area contributed by atoms with Gasteiger partial charge in [-0.05, 0) is 26.3 Å². The van der Waals surface area contributed by atoms with Gasteiger partial charge in [0, 0.05) is 13.6 Å². The molecule has 0 aromatic heterocycles. The highest BCUT2D eigenvalue weighted by atomic mass is 16.2. The van der Waals surface area contributed by atoms with Crippen molar-refractivity contribution in [1.29, 1.82) is 0 Å². The van der Waals surface area contributed by atoms with Crippen molar-refractivity contribution in [2.45, 2.75) is 25.8 Å². The number of rotatable bonds is 2. The fraction of sp³-hybridized carbons (Fsp3) is 0.875. The molecule has 1 heterocycles. The lowest BCUT2D eigenvalue weighted by atomic mass is 10.2. The van der Waals surface area contributed by atoms with E-state index in [2.05, 4.69) is 5.32 Å². The average molecular weight is 156 g/mol. The highest BCUT2D eigenvalue weighted by Gasteiger charge is 2.23. The summed E-state index contributed by atoms with van der Waals surface area (Å²) < 4.78 is 0. The zero-order valence-corrected chi connectivity index (χ0v) is 7.26. The van der Waals surface area contributed by atoms with E-state index in [0.717, 1.165) is 25.9 Å². The van der Waals surface area contributed by atoms with Gasteiger partial charge in [0.25, 0.3) is 0 Å². The molecule has 0 radical (unpaired) electrons. The van der Waals surface area contributed by atoms with Crippen molar-refractivity contribution in [3.05, 3.63) is 0 Å². The van der Waals surface area contributed by atoms with Crippen LogP contribution >= 0.6 is 0 Å². The molecule has 1 fully saturated rings. The maximum atomic E-state index is 11.4. The van der Waals surface area contributed by atoms with Gasteiger partial charge in [0.05, 0.1) is 6.04 Å². The standard InChI is InChI=1S/C8H16N2O/c1-3-10(2)8(11)7-5-4-6-9-7/h7,9H,3-6H2,1-2H3/t7-/m0/s1. The fourth-order valence-corrected chi connectivity index (χ4v) is 1.32. The first-order chi connectivity index (χ1) is 5.25. The Hall–Kier alpha value is -0.570. The van der Waals surface area contributed by atoms with Crippen LogP contribution in [-0.4, -0.2) is 37.0 Å². The van der Waals surface area contributed by atoms with E-state index in [4.69, 9.17) is 0 Å². The van der Waals surface area contributed by atoms with Crippen molar-refractivity contribution >= 4 is 5.91 Å². The third kappa shape index (κ3) is 1.93. The minimum absolute atomic E-state index is 0.0972. The fourth-order valence-electron chi connectivity index (χ4n) is 1.32. The zero-order chi connectivity index (χ0) is 8.27. The summed E-state index contributed by atoms with van der Waals surface area (Å²) in [5.41, 5.74) is 0. The third-order valence-corrected chi connectivity index (χ3v) is 2.21. The molecular weight excluding hydrogens is 140 g/mol. The van der Waals surface area contributed by atoms with Crippen LogP contribution in [0.4, 0.5) is 0 Å². The number of carbonyl (C=O) groups is 1. The van der Waals surface area contributed by atoms with Crippen LogP contribution in [0.5, 0.6) is 0 Å². The van der Waals surface area contributed by atoms with Crippen LogP contribution in [0.1, 0.15) is 19.8 Å². The second-order valence-corrected chi connectivity index (χ2v) is 3.00. The molecule has 1 aliphatic heterocycles. The molecule has 3 heteroatoms. The van der Waals surface area contributed by atoms with Crippen molar-refractivity contribution in [2.75, 3.05) is 20.1 Å². The van der Waals surface area contributed by atoms with Gasteiger partial charge in [0.15, 0.2) is 0 Å². The third-order valence-electron chi connectivity index (χ3n) is 2.21. The predicted octanol–water partition coefficient (Wildman–Crippen LogP) is 0.217. The second-order valence-electron chi connectivity index (χ2n) is 3.00. The van der Waals surface area contributed by atoms with Crippen LogP contribution in [0.3, 0.4) is 0 Å². The van der Waals surface area contributed by atoms with Gasteiger partial charge in [-0.15, -0.1) is 0 Å². The molecule has 1 saturated heterocycles. The van der Waals surface area contributed by atoms with Crippen LogP contribution in [0.15, 0.2) is 0 Å². The summed E-state index contributed by atoms with van der Waals surface area (Å²) >= 11 is 0. The summed E-state index contributed by atoms with van der Waals surface area (Å²) in [5, 5.41) is 3.18. The van der Waals surface area contributed by atoms with E-state index in [0.29, 0.717) is 0 Å². The quantitative estimate of drug-likeness (QED) is 0.620. The molecular formula is C8H16N2O. The molecule has 64 valence electrons. The molecule has 3 nitrogen and oxygen atoms in total. The van der Waals surface area contributed by atoms with Crippen molar-refractivity contribution in [2.24, 2.45) is 0 Å². The largest absolute Gasteiger partial charge is 0.345 e. The summed E-state index contributed by atoms with van der Waals surface area (Å²) in [6.45, 7) is 3.79. The Balaban J connectivity index is 2.39. The number of likely N-dealkylation sites (N-methyl/N-ethyl adjacent to an activating group) is 1. The summed E-state index contributed by atoms with van der Waals surface area (Å²) in [6, 6.07) is 0.0972. The van der Waals surface area contributed by atoms with E-state index in [9.17, 15) is 4.79 Å². The van der Waals surface area contributed by atoms with Gasteiger partial charge in [-0.25, -0.2) is 0 Å². The summed E-state index contributed by atoms with van der Waals surface area (Å²) in [4.78, 5) is 13.2. The monoisotopic (exact) mass is 156 g/mol. The Kier molecular flexibility index (Phi) is 2.88. The van der Waals surface area contributed by atoms with Gasteiger partial charge < -0.3 is 10.2 Å². The first-order valence-corrected chi connectivity index (χ1v) is 4.24. The Bertz CT molecular complexity index is 141. The maximum absolute atomic E-state index is 11.4. The van der Waals surface area contributed by atoms with Crippen LogP contribution in [-0.2, 0) is 4.79 Å². The number of hydrogen-bond acceptors (Lipinski definition) is 2. The molecule has 0 aromatic carbocycles. The first kappa shape index (κ1) is 8.53. The van der Waals surface area contributed by atoms with Crippen LogP contribution in [0.2, 0.25) is 0 Å². The lowest BCUT2D eigenvalue weighted by Crippen LogP contribution is -2.41. The van der Waals surface area contributed by atoms with E-state index < -0.39 is 0 Å². The Morgan fingerprint density at radius 2 is 2.45 bits per heavy atom. The lowest BCUT2D eigenvalue weighted by Gasteiger charge is -2.18. The highest BCUT2D eigenvalue weighted by Crippen LogP contribution is 2.06. The Morgan fingerprint density at radius 1 is 1.73 bits per heavy atom. The molecule has 1 atom stereocenters. The molecule has 1 amide bonds. The molecule has 0 spiro atoms. The molecule has 1 rings (SSSR count). The first-order valence-electron chi connectivity index (χ1n) is 4.24. The molecule has 1 N–H and O–H groups in total. The minimum Gasteiger partial charge on any atom is -0.345 e. The number of hydrogen-bond donors (Lipinski definition) is 1. The van der Waals surface area contributed by atoms with Crippen LogP contribution in [0, 0.1) is 0 Å². The van der Waals surface area contributed by atoms with Crippen molar-refractivity contribution < 1.29 is 4.79 Å². The van der Waals surface area contributed by atoms with Gasteiger partial charge in [-0.1, -0.05) is 0 Å². The number of carbonyl (C=O) groups excluding carboxylic acids is 1. The zero-order valence-electron chi connectivity index (χ0n) is 7.26. The Morgan fingerprint density at radius 3 is 2.91 bits per heavy atom. The van der Waals surface area contributed by atoms with Gasteiger partial charge in [-0.2, -0.15) is 0 Å². The van der Waals surface area contributed by atoms with E-state index in [1.807, 2.05) is 14.0 Å². The second kappa shape index (κ2) is 3.72. The molecule has 0 saturated carbocycles. The maximum Gasteiger partial charge on any atom is 0.239 e. The molecule has 11 heavy (non-hydrogen) atoms. The van der Waals surface area contributed by atoms with Crippen molar-refractivity contribution in [3.63, 3.8) is 0 Å². The van der Waals surface area contributed by atoms with Crippen LogP contribution in [0.25, 0.3) is 0 Å². The summed E-state index contributed by atoms with van der Waals surface area (Å²) in [6.07, 6.45) is 2.14. The molecule has 0 bridgehead atoms. The number of nitrogens with one attached hydrogen (secondary N) is 1. The van der Waals surface area contributed by atoms with E-state index >= 15 is 0 Å². The van der Waals surface area contributed by atoms with Crippen LogP contribution < -0.4 is 5.32 Å². The van der Waals surface area contributed by atoms with Gasteiger partial charge in [0.1, 0.15) is 0 Å². The smallest absolute Gasteiger partial charge is 0.239 e. The molecule has 1 aliphatic rings. The summed E-state index contributed by atoms with van der Waals surface area (Å²) in [5.74, 6) is 0.241. The van der Waals surface area contributed by atoms with E-state index in [-0.39, 0.29) is 11.9 Å². The normalized spacial score (nSPS) is 23.6.